The molecule has 6 heteroatoms. The van der Waals surface area contributed by atoms with Crippen molar-refractivity contribution in [1.29, 1.82) is 0 Å². The Labute approximate surface area is 60.6 Å². The molecule has 0 bridgehead atoms. The molecule has 10 heavy (non-hydrogen) atoms. The van der Waals surface area contributed by atoms with E-state index in [1.54, 1.807) is 0 Å². The molecule has 0 saturated carbocycles. The highest BCUT2D eigenvalue weighted by molar-refractivity contribution is 7.57. The third-order valence-corrected chi connectivity index (χ3v) is 2.77. The summed E-state index contributed by atoms with van der Waals surface area (Å²) in [5, 5.41) is 0. The third kappa shape index (κ3) is 8.25. The molecule has 0 aromatic rings. The SMILES string of the molecule is CP(=O)(O)CCC[P+](=O)O. The van der Waals surface area contributed by atoms with E-state index in [4.69, 9.17) is 9.79 Å². The van der Waals surface area contributed by atoms with Crippen LogP contribution in [-0.4, -0.2) is 28.8 Å². The van der Waals surface area contributed by atoms with Crippen LogP contribution in [0.15, 0.2) is 0 Å². The maximum Gasteiger partial charge on any atom is 0.505 e. The van der Waals surface area contributed by atoms with Gasteiger partial charge in [0.2, 0.25) is 0 Å². The van der Waals surface area contributed by atoms with Crippen molar-refractivity contribution >= 4 is 15.4 Å². The van der Waals surface area contributed by atoms with E-state index in [-0.39, 0.29) is 12.3 Å². The summed E-state index contributed by atoms with van der Waals surface area (Å²) in [5.41, 5.74) is 0. The molecule has 0 radical (unpaired) electrons. The Bertz CT molecular complexity index is 161. The van der Waals surface area contributed by atoms with Gasteiger partial charge in [-0.15, -0.1) is 0 Å². The Hall–Kier alpha value is 0.250. The fraction of sp³-hybridized carbons (Fsp3) is 1.00. The normalized spacial score (nSPS) is 18.1. The number of hydrogen-bond acceptors (Lipinski definition) is 2. The van der Waals surface area contributed by atoms with Gasteiger partial charge in [0.15, 0.2) is 13.5 Å². The molecular formula is C4H11O4P2+. The van der Waals surface area contributed by atoms with Crippen LogP contribution in [-0.2, 0) is 9.13 Å². The summed E-state index contributed by atoms with van der Waals surface area (Å²) < 4.78 is 20.6. The van der Waals surface area contributed by atoms with Gasteiger partial charge in [-0.3, -0.25) is 4.57 Å². The Morgan fingerprint density at radius 1 is 1.60 bits per heavy atom. The maximum atomic E-state index is 10.6. The number of hydrogen-bond donors (Lipinski definition) is 2. The first-order chi connectivity index (χ1) is 4.42. The van der Waals surface area contributed by atoms with E-state index < -0.39 is 15.4 Å². The highest BCUT2D eigenvalue weighted by Gasteiger charge is 2.14. The van der Waals surface area contributed by atoms with Crippen LogP contribution in [0.5, 0.6) is 0 Å². The topological polar surface area (TPSA) is 74.6 Å². The van der Waals surface area contributed by atoms with Gasteiger partial charge in [0, 0.05) is 19.2 Å². The highest BCUT2D eigenvalue weighted by atomic mass is 31.2. The minimum atomic E-state index is -2.96. The molecule has 0 aromatic heterocycles. The van der Waals surface area contributed by atoms with Crippen LogP contribution >= 0.6 is 15.4 Å². The molecule has 0 amide bonds. The van der Waals surface area contributed by atoms with E-state index in [0.29, 0.717) is 6.42 Å². The van der Waals surface area contributed by atoms with Crippen molar-refractivity contribution in [2.75, 3.05) is 19.0 Å². The first-order valence-corrected chi connectivity index (χ1v) is 6.53. The molecule has 0 spiro atoms. The summed E-state index contributed by atoms with van der Waals surface area (Å²) >= 11 is 0. The molecule has 0 saturated heterocycles. The van der Waals surface area contributed by atoms with Crippen molar-refractivity contribution in [1.82, 2.24) is 0 Å². The van der Waals surface area contributed by atoms with Crippen molar-refractivity contribution < 1.29 is 18.9 Å². The highest BCUT2D eigenvalue weighted by Crippen LogP contribution is 2.36. The Morgan fingerprint density at radius 2 is 2.10 bits per heavy atom. The van der Waals surface area contributed by atoms with Gasteiger partial charge < -0.3 is 4.89 Å². The summed E-state index contributed by atoms with van der Waals surface area (Å²) in [7, 11) is -5.10. The largest absolute Gasteiger partial charge is 0.505 e. The molecular weight excluding hydrogens is 174 g/mol. The lowest BCUT2D eigenvalue weighted by Crippen LogP contribution is -1.88. The second-order valence-electron chi connectivity index (χ2n) is 2.20. The van der Waals surface area contributed by atoms with Crippen LogP contribution in [0.2, 0.25) is 0 Å². The zero-order valence-electron chi connectivity index (χ0n) is 5.73. The van der Waals surface area contributed by atoms with E-state index in [9.17, 15) is 9.13 Å². The molecule has 0 aliphatic carbocycles. The van der Waals surface area contributed by atoms with Gasteiger partial charge in [-0.05, 0) is 4.57 Å². The summed E-state index contributed by atoms with van der Waals surface area (Å²) in [6.07, 6.45) is 0.596. The van der Waals surface area contributed by atoms with E-state index in [1.807, 2.05) is 0 Å². The lowest BCUT2D eigenvalue weighted by Gasteiger charge is -1.99. The predicted molar refractivity (Wildman–Crippen MR) is 39.9 cm³/mol. The smallest absolute Gasteiger partial charge is 0.344 e. The minimum Gasteiger partial charge on any atom is -0.344 e. The second kappa shape index (κ2) is 4.20. The first-order valence-electron chi connectivity index (χ1n) is 2.84. The molecule has 0 aliphatic rings. The first kappa shape index (κ1) is 10.2. The zero-order valence-corrected chi connectivity index (χ0v) is 7.52. The van der Waals surface area contributed by atoms with Crippen molar-refractivity contribution in [3.63, 3.8) is 0 Å². The molecule has 60 valence electrons. The Kier molecular flexibility index (Phi) is 4.30. The fourth-order valence-corrected chi connectivity index (χ4v) is 1.92. The van der Waals surface area contributed by atoms with Gasteiger partial charge in [0.25, 0.3) is 0 Å². The van der Waals surface area contributed by atoms with Gasteiger partial charge in [-0.25, -0.2) is 0 Å². The molecule has 0 fully saturated rings. The fourth-order valence-electron chi connectivity index (χ4n) is 0.499. The molecule has 4 nitrogen and oxygen atoms in total. The van der Waals surface area contributed by atoms with Crippen LogP contribution in [0.4, 0.5) is 0 Å². The van der Waals surface area contributed by atoms with Crippen molar-refractivity contribution in [2.45, 2.75) is 6.42 Å². The molecule has 0 heterocycles. The molecule has 0 aromatic carbocycles. The molecule has 0 aliphatic heterocycles. The zero-order chi connectivity index (χ0) is 8.20. The predicted octanol–water partition coefficient (Wildman–Crippen LogP) is 1.01. The van der Waals surface area contributed by atoms with Crippen LogP contribution in [0.1, 0.15) is 6.42 Å². The second-order valence-corrected chi connectivity index (χ2v) is 5.90. The van der Waals surface area contributed by atoms with Gasteiger partial charge in [0.1, 0.15) is 0 Å². The third-order valence-electron chi connectivity index (χ3n) is 0.922. The van der Waals surface area contributed by atoms with Crippen molar-refractivity contribution in [3.8, 4) is 0 Å². The lowest BCUT2D eigenvalue weighted by molar-refractivity contribution is 0.482. The van der Waals surface area contributed by atoms with Gasteiger partial charge >= 0.3 is 8.03 Å². The average Bonchev–Trinajstić information content (AvgIpc) is 1.59. The summed E-state index contributed by atoms with van der Waals surface area (Å²) in [4.78, 5) is 17.0. The van der Waals surface area contributed by atoms with E-state index >= 15 is 0 Å². The standard InChI is InChI=1S/C4H10O4P2/c1-10(7,8)4-2-3-9(5)6/h2-4H2,1H3,(H-,5,6,7,8)/p+1. The summed E-state index contributed by atoms with van der Waals surface area (Å²) in [5.74, 6) is 0. The van der Waals surface area contributed by atoms with Crippen molar-refractivity contribution in [3.05, 3.63) is 0 Å². The monoisotopic (exact) mass is 185 g/mol. The molecule has 2 atom stereocenters. The summed E-state index contributed by atoms with van der Waals surface area (Å²) in [6, 6.07) is 0. The van der Waals surface area contributed by atoms with Crippen LogP contribution in [0.25, 0.3) is 0 Å². The number of rotatable bonds is 4. The van der Waals surface area contributed by atoms with E-state index in [2.05, 4.69) is 0 Å². The van der Waals surface area contributed by atoms with Crippen LogP contribution in [0.3, 0.4) is 0 Å². The Morgan fingerprint density at radius 3 is 2.40 bits per heavy atom. The van der Waals surface area contributed by atoms with E-state index in [1.165, 1.54) is 6.66 Å². The van der Waals surface area contributed by atoms with E-state index in [0.717, 1.165) is 0 Å². The average molecular weight is 185 g/mol. The molecule has 0 rings (SSSR count). The van der Waals surface area contributed by atoms with Gasteiger partial charge in [-0.1, -0.05) is 0 Å². The molecule has 2 N–H and O–H groups in total. The maximum absolute atomic E-state index is 10.6. The molecule has 2 unspecified atom stereocenters. The Balaban J connectivity index is 3.39. The van der Waals surface area contributed by atoms with Crippen LogP contribution < -0.4 is 0 Å². The quantitative estimate of drug-likeness (QED) is 0.641. The van der Waals surface area contributed by atoms with Gasteiger partial charge in [0.05, 0.1) is 0 Å². The minimum absolute atomic E-state index is 0.119. The summed E-state index contributed by atoms with van der Waals surface area (Å²) in [6.45, 7) is 1.25. The van der Waals surface area contributed by atoms with Crippen molar-refractivity contribution in [2.24, 2.45) is 0 Å². The van der Waals surface area contributed by atoms with Crippen LogP contribution in [0, 0.1) is 0 Å². The van der Waals surface area contributed by atoms with Gasteiger partial charge in [-0.2, -0.15) is 4.89 Å². The lowest BCUT2D eigenvalue weighted by atomic mass is 10.6.